The number of nitrogens with one attached hydrogen (secondary N) is 1. The van der Waals surface area contributed by atoms with E-state index in [1.54, 1.807) is 0 Å². The van der Waals surface area contributed by atoms with Gasteiger partial charge in [0.1, 0.15) is 11.6 Å². The van der Waals surface area contributed by atoms with Gasteiger partial charge in [0, 0.05) is 24.8 Å². The fraction of sp³-hybridized carbons (Fsp3) is 0.833. The molecule has 0 aromatic carbocycles. The maximum atomic E-state index is 11.6. The summed E-state index contributed by atoms with van der Waals surface area (Å²) in [5.41, 5.74) is -0.135. The number of rotatable bonds is 6. The molecule has 0 saturated heterocycles. The van der Waals surface area contributed by atoms with E-state index in [0.717, 1.165) is 0 Å². The molecule has 0 saturated carbocycles. The van der Waals surface area contributed by atoms with Crippen LogP contribution in [0, 0.1) is 0 Å². The maximum Gasteiger partial charge on any atom is 0.149 e. The van der Waals surface area contributed by atoms with E-state index in [1.807, 2.05) is 34.6 Å². The molecule has 1 atom stereocenters. The molecule has 15 heavy (non-hydrogen) atoms. The van der Waals surface area contributed by atoms with Crippen molar-refractivity contribution in [3.05, 3.63) is 0 Å². The second-order valence-electron chi connectivity index (χ2n) is 4.86. The van der Waals surface area contributed by atoms with Crippen molar-refractivity contribution >= 4 is 11.6 Å². The summed E-state index contributed by atoms with van der Waals surface area (Å²) in [5.74, 6) is 0.255. The van der Waals surface area contributed by atoms with Crippen molar-refractivity contribution in [3.8, 4) is 0 Å². The molecule has 0 aromatic rings. The molecule has 0 aromatic heterocycles. The summed E-state index contributed by atoms with van der Waals surface area (Å²) in [4.78, 5) is 23.0. The molecule has 0 fully saturated rings. The highest BCUT2D eigenvalue weighted by atomic mass is 16.1. The molecule has 1 unspecified atom stereocenters. The van der Waals surface area contributed by atoms with Gasteiger partial charge in [0.2, 0.25) is 0 Å². The fourth-order valence-electron chi connectivity index (χ4n) is 1.39. The van der Waals surface area contributed by atoms with Crippen LogP contribution in [0.15, 0.2) is 0 Å². The van der Waals surface area contributed by atoms with Gasteiger partial charge in [-0.15, -0.1) is 0 Å². The quantitative estimate of drug-likeness (QED) is 0.735. The monoisotopic (exact) mass is 213 g/mol. The molecule has 1 N–H and O–H groups in total. The largest absolute Gasteiger partial charge is 0.302 e. The van der Waals surface area contributed by atoms with E-state index in [9.17, 15) is 9.59 Å². The standard InChI is InChI=1S/C12H23NO2/c1-6-9(14)8-10(11(15)7-2)13-12(3,4)5/h10,13H,6-8H2,1-5H3. The van der Waals surface area contributed by atoms with Gasteiger partial charge >= 0.3 is 0 Å². The Hall–Kier alpha value is -0.700. The molecule has 3 heteroatoms. The molecule has 0 aliphatic heterocycles. The number of ketones is 2. The second kappa shape index (κ2) is 6.01. The summed E-state index contributed by atoms with van der Waals surface area (Å²) in [6.45, 7) is 9.65. The predicted molar refractivity (Wildman–Crippen MR) is 61.9 cm³/mol. The second-order valence-corrected chi connectivity index (χ2v) is 4.86. The normalized spacial score (nSPS) is 13.7. The highest BCUT2D eigenvalue weighted by Gasteiger charge is 2.24. The van der Waals surface area contributed by atoms with E-state index in [4.69, 9.17) is 0 Å². The molecule has 0 amide bonds. The van der Waals surface area contributed by atoms with Crippen LogP contribution in [0.5, 0.6) is 0 Å². The first-order valence-electron chi connectivity index (χ1n) is 5.62. The van der Waals surface area contributed by atoms with Crippen LogP contribution in [0.3, 0.4) is 0 Å². The average Bonchev–Trinajstić information content (AvgIpc) is 2.13. The van der Waals surface area contributed by atoms with Gasteiger partial charge in [-0.25, -0.2) is 0 Å². The Balaban J connectivity index is 4.45. The lowest BCUT2D eigenvalue weighted by atomic mass is 9.99. The van der Waals surface area contributed by atoms with Gasteiger partial charge in [0.15, 0.2) is 0 Å². The highest BCUT2D eigenvalue weighted by molar-refractivity contribution is 5.90. The number of carbonyl (C=O) groups is 2. The van der Waals surface area contributed by atoms with E-state index in [-0.39, 0.29) is 23.1 Å². The van der Waals surface area contributed by atoms with E-state index >= 15 is 0 Å². The van der Waals surface area contributed by atoms with Crippen molar-refractivity contribution in [1.82, 2.24) is 5.32 Å². The Bertz CT molecular complexity index is 228. The fourth-order valence-corrected chi connectivity index (χ4v) is 1.39. The zero-order valence-electron chi connectivity index (χ0n) is 10.5. The summed E-state index contributed by atoms with van der Waals surface area (Å²) in [7, 11) is 0. The Morgan fingerprint density at radius 3 is 2.00 bits per heavy atom. The van der Waals surface area contributed by atoms with Crippen LogP contribution in [-0.4, -0.2) is 23.1 Å². The topological polar surface area (TPSA) is 46.2 Å². The molecule has 0 aliphatic rings. The third kappa shape index (κ3) is 6.39. The van der Waals surface area contributed by atoms with Crippen LogP contribution in [-0.2, 0) is 9.59 Å². The van der Waals surface area contributed by atoms with Crippen LogP contribution < -0.4 is 5.32 Å². The van der Waals surface area contributed by atoms with Gasteiger partial charge in [-0.3, -0.25) is 9.59 Å². The first-order valence-corrected chi connectivity index (χ1v) is 5.62. The van der Waals surface area contributed by atoms with Gasteiger partial charge in [-0.05, 0) is 20.8 Å². The van der Waals surface area contributed by atoms with Crippen molar-refractivity contribution in [3.63, 3.8) is 0 Å². The molecular formula is C12H23NO2. The average molecular weight is 213 g/mol. The molecule has 88 valence electrons. The van der Waals surface area contributed by atoms with Crippen molar-refractivity contribution < 1.29 is 9.59 Å². The predicted octanol–water partition coefficient (Wildman–Crippen LogP) is 2.09. The van der Waals surface area contributed by atoms with E-state index in [0.29, 0.717) is 19.3 Å². The Kier molecular flexibility index (Phi) is 5.73. The summed E-state index contributed by atoms with van der Waals surface area (Å²) in [5, 5.41) is 3.20. The zero-order chi connectivity index (χ0) is 12.1. The van der Waals surface area contributed by atoms with E-state index in [1.165, 1.54) is 0 Å². The third-order valence-electron chi connectivity index (χ3n) is 2.17. The van der Waals surface area contributed by atoms with Crippen LogP contribution in [0.25, 0.3) is 0 Å². The van der Waals surface area contributed by atoms with E-state index in [2.05, 4.69) is 5.32 Å². The van der Waals surface area contributed by atoms with Crippen LogP contribution in [0.4, 0.5) is 0 Å². The van der Waals surface area contributed by atoms with Crippen LogP contribution in [0.2, 0.25) is 0 Å². The Morgan fingerprint density at radius 1 is 1.13 bits per heavy atom. The Labute approximate surface area is 92.6 Å². The SMILES string of the molecule is CCC(=O)CC(NC(C)(C)C)C(=O)CC. The first kappa shape index (κ1) is 14.3. The molecule has 0 rings (SSSR count). The number of hydrogen-bond acceptors (Lipinski definition) is 3. The highest BCUT2D eigenvalue weighted by Crippen LogP contribution is 2.07. The summed E-state index contributed by atoms with van der Waals surface area (Å²) < 4.78 is 0. The minimum Gasteiger partial charge on any atom is -0.302 e. The van der Waals surface area contributed by atoms with Gasteiger partial charge in [-0.2, -0.15) is 0 Å². The van der Waals surface area contributed by atoms with Gasteiger partial charge in [0.25, 0.3) is 0 Å². The molecule has 3 nitrogen and oxygen atoms in total. The summed E-state index contributed by atoms with van der Waals surface area (Å²) in [6.07, 6.45) is 1.30. The minimum atomic E-state index is -0.317. The van der Waals surface area contributed by atoms with Crippen molar-refractivity contribution in [2.45, 2.75) is 65.5 Å². The van der Waals surface area contributed by atoms with Crippen molar-refractivity contribution in [1.29, 1.82) is 0 Å². The smallest absolute Gasteiger partial charge is 0.149 e. The van der Waals surface area contributed by atoms with Crippen LogP contribution >= 0.6 is 0 Å². The zero-order valence-corrected chi connectivity index (χ0v) is 10.5. The third-order valence-corrected chi connectivity index (χ3v) is 2.17. The summed E-state index contributed by atoms with van der Waals surface area (Å²) in [6, 6.07) is -0.317. The molecule has 0 bridgehead atoms. The molecule has 0 radical (unpaired) electrons. The molecule has 0 heterocycles. The molecule has 0 aliphatic carbocycles. The van der Waals surface area contributed by atoms with E-state index < -0.39 is 0 Å². The van der Waals surface area contributed by atoms with Gasteiger partial charge in [-0.1, -0.05) is 13.8 Å². The lowest BCUT2D eigenvalue weighted by molar-refractivity contribution is -0.126. The number of carbonyl (C=O) groups excluding carboxylic acids is 2. The van der Waals surface area contributed by atoms with Crippen LogP contribution in [0.1, 0.15) is 53.9 Å². The van der Waals surface area contributed by atoms with Gasteiger partial charge < -0.3 is 5.32 Å². The number of hydrogen-bond donors (Lipinski definition) is 1. The van der Waals surface area contributed by atoms with Gasteiger partial charge in [0.05, 0.1) is 6.04 Å². The Morgan fingerprint density at radius 2 is 1.67 bits per heavy atom. The lowest BCUT2D eigenvalue weighted by Gasteiger charge is -2.27. The summed E-state index contributed by atoms with van der Waals surface area (Å²) >= 11 is 0. The minimum absolute atomic E-state index is 0.117. The van der Waals surface area contributed by atoms with Crippen molar-refractivity contribution in [2.24, 2.45) is 0 Å². The first-order chi connectivity index (χ1) is 6.80. The molecular weight excluding hydrogens is 190 g/mol. The number of Topliss-reactive ketones (excluding diaryl/α,β-unsaturated/α-hetero) is 2. The molecule has 0 spiro atoms. The lowest BCUT2D eigenvalue weighted by Crippen LogP contribution is -2.48. The maximum absolute atomic E-state index is 11.6. The van der Waals surface area contributed by atoms with Crippen molar-refractivity contribution in [2.75, 3.05) is 0 Å².